The zero-order chi connectivity index (χ0) is 39.8. The standard InChI is InChI=1S/C39H55N7O9S/c1-2-18-52-19-14-36(49)40-15-13-28-7-12-33(47)31(26-28)46-45-30-10-8-29(9-11-30)38(50)42-17-21-54-23-25-55-24-22-53-20-16-41-35(48)6-4-3-5-34-37-32(27-56-34)43-39(51)44-37/h1,7-12,26,32,34,37,45-47H,3-6,13-25,27H2,(H,40,49)(H,41,48)(H,42,50)(H2,43,44,51)/t32-,34-,37-/m0/s1. The second kappa shape index (κ2) is 25.4. The number of hydrazine groups is 1. The molecule has 5 amide bonds. The van der Waals surface area contributed by atoms with E-state index in [1.54, 1.807) is 42.5 Å². The Morgan fingerprint density at radius 2 is 1.50 bits per heavy atom. The van der Waals surface area contributed by atoms with Crippen LogP contribution < -0.4 is 37.4 Å². The summed E-state index contributed by atoms with van der Waals surface area (Å²) in [6, 6.07) is 12.4. The van der Waals surface area contributed by atoms with Crippen molar-refractivity contribution in [3.63, 3.8) is 0 Å². The number of carbonyl (C=O) groups is 4. The lowest BCUT2D eigenvalue weighted by molar-refractivity contribution is -0.122. The van der Waals surface area contributed by atoms with Gasteiger partial charge in [-0.25, -0.2) is 4.79 Å². The number of terminal acetylenes is 1. The summed E-state index contributed by atoms with van der Waals surface area (Å²) in [6.07, 6.45) is 9.17. The molecule has 0 aromatic heterocycles. The number of aromatic hydroxyl groups is 1. The summed E-state index contributed by atoms with van der Waals surface area (Å²) in [5.74, 6) is 3.02. The Morgan fingerprint density at radius 3 is 2.25 bits per heavy atom. The highest BCUT2D eigenvalue weighted by Crippen LogP contribution is 2.33. The number of phenols is 1. The van der Waals surface area contributed by atoms with Gasteiger partial charge in [0.2, 0.25) is 11.8 Å². The third-order valence-corrected chi connectivity index (χ3v) is 10.4. The van der Waals surface area contributed by atoms with Crippen LogP contribution >= 0.6 is 11.8 Å². The fraction of sp³-hybridized carbons (Fsp3) is 0.538. The van der Waals surface area contributed by atoms with Crippen LogP contribution in [0.4, 0.5) is 16.2 Å². The molecule has 17 heteroatoms. The van der Waals surface area contributed by atoms with Gasteiger partial charge in [-0.15, -0.1) is 6.42 Å². The first-order valence-corrected chi connectivity index (χ1v) is 20.1. The zero-order valence-electron chi connectivity index (χ0n) is 31.7. The van der Waals surface area contributed by atoms with Crippen LogP contribution in [-0.2, 0) is 35.0 Å². The van der Waals surface area contributed by atoms with Gasteiger partial charge >= 0.3 is 6.03 Å². The number of benzene rings is 2. The van der Waals surface area contributed by atoms with Gasteiger partial charge in [0.05, 0.1) is 76.1 Å². The number of urea groups is 1. The normalized spacial score (nSPS) is 16.9. The van der Waals surface area contributed by atoms with Gasteiger partial charge in [0.15, 0.2) is 0 Å². The molecule has 0 bridgehead atoms. The molecule has 16 nitrogen and oxygen atoms in total. The average Bonchev–Trinajstić information content (AvgIpc) is 3.76. The lowest BCUT2D eigenvalue weighted by Crippen LogP contribution is -2.36. The van der Waals surface area contributed by atoms with Crippen LogP contribution in [0.3, 0.4) is 0 Å². The van der Waals surface area contributed by atoms with Gasteiger partial charge in [0.1, 0.15) is 12.4 Å². The quantitative estimate of drug-likeness (QED) is 0.0205. The molecule has 2 aromatic carbocycles. The van der Waals surface area contributed by atoms with Crippen LogP contribution in [-0.4, -0.2) is 124 Å². The molecule has 0 saturated carbocycles. The number of fused-ring (bicyclic) bond motifs is 1. The Balaban J connectivity index is 0.938. The van der Waals surface area contributed by atoms with Crippen molar-refractivity contribution in [3.8, 4) is 18.1 Å². The summed E-state index contributed by atoms with van der Waals surface area (Å²) in [5.41, 5.74) is 8.54. The van der Waals surface area contributed by atoms with E-state index in [0.717, 1.165) is 30.6 Å². The van der Waals surface area contributed by atoms with E-state index in [9.17, 15) is 24.3 Å². The smallest absolute Gasteiger partial charge is 0.315 e. The van der Waals surface area contributed by atoms with Gasteiger partial charge in [-0.2, -0.15) is 11.8 Å². The Hall–Kier alpha value is -4.73. The van der Waals surface area contributed by atoms with Crippen LogP contribution in [0.25, 0.3) is 0 Å². The Labute approximate surface area is 332 Å². The van der Waals surface area contributed by atoms with E-state index in [1.165, 1.54) is 0 Å². The summed E-state index contributed by atoms with van der Waals surface area (Å²) in [4.78, 5) is 48.0. The van der Waals surface area contributed by atoms with Crippen molar-refractivity contribution in [2.24, 2.45) is 0 Å². The first-order valence-electron chi connectivity index (χ1n) is 19.0. The summed E-state index contributed by atoms with van der Waals surface area (Å²) >= 11 is 1.89. The van der Waals surface area contributed by atoms with Crippen LogP contribution in [0, 0.1) is 12.3 Å². The highest BCUT2D eigenvalue weighted by molar-refractivity contribution is 8.00. The molecule has 0 aliphatic carbocycles. The van der Waals surface area contributed by atoms with Gasteiger partial charge in [-0.3, -0.25) is 19.8 Å². The summed E-state index contributed by atoms with van der Waals surface area (Å²) in [5, 5.41) is 25.2. The fourth-order valence-electron chi connectivity index (χ4n) is 5.92. The largest absolute Gasteiger partial charge is 0.506 e. The zero-order valence-corrected chi connectivity index (χ0v) is 32.5. The minimum Gasteiger partial charge on any atom is -0.506 e. The number of hydrogen-bond donors (Lipinski definition) is 8. The van der Waals surface area contributed by atoms with Crippen molar-refractivity contribution in [2.75, 3.05) is 89.1 Å². The van der Waals surface area contributed by atoms with Crippen LogP contribution in [0.1, 0.15) is 48.0 Å². The Bertz CT molecular complexity index is 1580. The van der Waals surface area contributed by atoms with Crippen LogP contribution in [0.5, 0.6) is 5.75 Å². The van der Waals surface area contributed by atoms with Gasteiger partial charge in [0.25, 0.3) is 5.91 Å². The van der Waals surface area contributed by atoms with E-state index in [4.69, 9.17) is 25.4 Å². The molecule has 0 spiro atoms. The number of unbranched alkanes of at least 4 members (excludes halogenated alkanes) is 1. The van der Waals surface area contributed by atoms with Gasteiger partial charge in [0, 0.05) is 42.6 Å². The summed E-state index contributed by atoms with van der Waals surface area (Å²) in [6.45, 7) is 4.01. The van der Waals surface area contributed by atoms with Crippen molar-refractivity contribution in [3.05, 3.63) is 53.6 Å². The van der Waals surface area contributed by atoms with Crippen molar-refractivity contribution < 1.29 is 43.2 Å². The SMILES string of the molecule is C#CCOCCC(=O)NCCc1ccc(O)c(NNc2ccc(C(=O)NCCOCCOCCOCCNC(=O)CCCC[C@@H]3SC[C@@H]4NC(=O)N[C@@H]43)cc2)c1. The van der Waals surface area contributed by atoms with Crippen LogP contribution in [0.2, 0.25) is 0 Å². The number of anilines is 2. The number of amides is 5. The molecule has 3 atom stereocenters. The number of ether oxygens (including phenoxy) is 4. The molecule has 4 rings (SSSR count). The number of hydrogen-bond acceptors (Lipinski definition) is 12. The van der Waals surface area contributed by atoms with E-state index >= 15 is 0 Å². The van der Waals surface area contributed by atoms with Gasteiger partial charge in [-0.05, 0) is 61.2 Å². The number of nitrogens with one attached hydrogen (secondary N) is 7. The minimum absolute atomic E-state index is 0.0180. The third kappa shape index (κ3) is 16.6. The molecule has 8 N–H and O–H groups in total. The van der Waals surface area contributed by atoms with Crippen molar-refractivity contribution in [2.45, 2.75) is 55.9 Å². The number of thioether (sulfide) groups is 1. The molecule has 0 radical (unpaired) electrons. The lowest BCUT2D eigenvalue weighted by atomic mass is 10.0. The topological polar surface area (TPSA) is 210 Å². The number of carbonyl (C=O) groups excluding carboxylic acids is 4. The molecular formula is C39H55N7O9S. The lowest BCUT2D eigenvalue weighted by Gasteiger charge is -2.16. The Morgan fingerprint density at radius 1 is 0.804 bits per heavy atom. The van der Waals surface area contributed by atoms with Gasteiger partial charge < -0.3 is 56.1 Å². The molecule has 2 saturated heterocycles. The van der Waals surface area contributed by atoms with E-state index in [-0.39, 0.29) is 61.2 Å². The summed E-state index contributed by atoms with van der Waals surface area (Å²) < 4.78 is 21.7. The molecular weight excluding hydrogens is 743 g/mol. The fourth-order valence-corrected chi connectivity index (χ4v) is 7.46. The maximum absolute atomic E-state index is 12.5. The average molecular weight is 798 g/mol. The van der Waals surface area contributed by atoms with Crippen molar-refractivity contribution in [1.82, 2.24) is 26.6 Å². The third-order valence-electron chi connectivity index (χ3n) is 8.87. The second-order valence-electron chi connectivity index (χ2n) is 13.1. The highest BCUT2D eigenvalue weighted by atomic mass is 32.2. The molecule has 2 aromatic rings. The first kappa shape index (κ1) is 44.0. The molecule has 0 unspecified atom stereocenters. The van der Waals surface area contributed by atoms with Crippen molar-refractivity contribution >= 4 is 46.9 Å². The number of phenolic OH excluding ortho intramolecular Hbond substituents is 1. The van der Waals surface area contributed by atoms with E-state index < -0.39 is 0 Å². The molecule has 2 fully saturated rings. The van der Waals surface area contributed by atoms with E-state index in [0.29, 0.717) is 94.3 Å². The van der Waals surface area contributed by atoms with Crippen LogP contribution in [0.15, 0.2) is 42.5 Å². The molecule has 2 heterocycles. The minimum atomic E-state index is -0.231. The molecule has 2 aliphatic heterocycles. The predicted molar refractivity (Wildman–Crippen MR) is 215 cm³/mol. The maximum atomic E-state index is 12.5. The molecule has 2 aliphatic rings. The molecule has 306 valence electrons. The maximum Gasteiger partial charge on any atom is 0.315 e. The second-order valence-corrected chi connectivity index (χ2v) is 14.4. The monoisotopic (exact) mass is 797 g/mol. The predicted octanol–water partition coefficient (Wildman–Crippen LogP) is 2.15. The highest BCUT2D eigenvalue weighted by Gasteiger charge is 2.42. The summed E-state index contributed by atoms with van der Waals surface area (Å²) in [7, 11) is 0. The van der Waals surface area contributed by atoms with Gasteiger partial charge in [-0.1, -0.05) is 18.4 Å². The number of rotatable bonds is 28. The first-order chi connectivity index (χ1) is 27.3. The van der Waals surface area contributed by atoms with E-state index in [1.807, 2.05) is 11.8 Å². The molecule has 56 heavy (non-hydrogen) atoms. The van der Waals surface area contributed by atoms with E-state index in [2.05, 4.69) is 43.4 Å². The Kier molecular flexibility index (Phi) is 20.0. The van der Waals surface area contributed by atoms with Crippen molar-refractivity contribution in [1.29, 1.82) is 0 Å².